The summed E-state index contributed by atoms with van der Waals surface area (Å²) < 4.78 is 5.05. The summed E-state index contributed by atoms with van der Waals surface area (Å²) in [5.41, 5.74) is 3.83. The van der Waals surface area contributed by atoms with E-state index in [0.717, 1.165) is 24.8 Å². The van der Waals surface area contributed by atoms with E-state index in [2.05, 4.69) is 45.9 Å². The normalized spacial score (nSPS) is 36.4. The second kappa shape index (κ2) is 5.65. The van der Waals surface area contributed by atoms with Crippen LogP contribution in [0.25, 0.3) is 0 Å². The third-order valence-corrected chi connectivity index (χ3v) is 6.76. The molecule has 0 aromatic rings. The van der Waals surface area contributed by atoms with E-state index in [1.54, 1.807) is 0 Å². The Labute approximate surface area is 140 Å². The maximum Gasteiger partial charge on any atom is 0.337 e. The Morgan fingerprint density at radius 2 is 1.96 bits per heavy atom. The average Bonchev–Trinajstić information content (AvgIpc) is 2.78. The number of methoxy groups -OCH3 is 1. The zero-order chi connectivity index (χ0) is 16.8. The van der Waals surface area contributed by atoms with Gasteiger partial charge >= 0.3 is 5.97 Å². The molecule has 0 saturated heterocycles. The van der Waals surface area contributed by atoms with Gasteiger partial charge in [0.05, 0.1) is 12.7 Å². The minimum Gasteiger partial charge on any atom is -0.465 e. The molecule has 0 heterocycles. The third-order valence-electron chi connectivity index (χ3n) is 6.76. The molecule has 0 aromatic heterocycles. The summed E-state index contributed by atoms with van der Waals surface area (Å²) in [7, 11) is 1.49. The second-order valence-electron chi connectivity index (χ2n) is 8.43. The monoisotopic (exact) mass is 314 g/mol. The van der Waals surface area contributed by atoms with Crippen molar-refractivity contribution in [2.24, 2.45) is 22.7 Å². The molecule has 0 bridgehead atoms. The molecule has 126 valence electrons. The standard InChI is InChI=1S/C21H30O2/c1-14(2)17-9-8-15-13-18-16(19(22)23-5)7-6-10-20(18,3)11-12-21(15,17)4/h7-8,13-14,17H,6,9-12H2,1-5H3/t17-,20?,21+/m1/s1. The lowest BCUT2D eigenvalue weighted by atomic mass is 9.65. The summed E-state index contributed by atoms with van der Waals surface area (Å²) >= 11 is 0. The van der Waals surface area contributed by atoms with Crippen molar-refractivity contribution in [1.29, 1.82) is 0 Å². The van der Waals surface area contributed by atoms with Crippen LogP contribution in [0.4, 0.5) is 0 Å². The van der Waals surface area contributed by atoms with E-state index in [1.165, 1.54) is 31.1 Å². The van der Waals surface area contributed by atoms with Crippen LogP contribution >= 0.6 is 0 Å². The molecule has 3 aliphatic rings. The fourth-order valence-corrected chi connectivity index (χ4v) is 5.13. The SMILES string of the molecule is COC(=O)C1=CCCC2(C)CC[C@@]3(C)C(=CC[C@@H]3C(C)C)C=C12. The van der Waals surface area contributed by atoms with Gasteiger partial charge in [0.2, 0.25) is 0 Å². The summed E-state index contributed by atoms with van der Waals surface area (Å²) in [5, 5.41) is 0. The number of esters is 1. The van der Waals surface area contributed by atoms with Crippen molar-refractivity contribution in [2.75, 3.05) is 7.11 Å². The largest absolute Gasteiger partial charge is 0.465 e. The number of hydrogen-bond donors (Lipinski definition) is 0. The summed E-state index contributed by atoms with van der Waals surface area (Å²) in [6.07, 6.45) is 12.5. The van der Waals surface area contributed by atoms with Crippen molar-refractivity contribution in [1.82, 2.24) is 0 Å². The minimum absolute atomic E-state index is 0.105. The number of fused-ring (bicyclic) bond motifs is 2. The van der Waals surface area contributed by atoms with Crippen molar-refractivity contribution in [3.05, 3.63) is 34.9 Å². The summed E-state index contributed by atoms with van der Waals surface area (Å²) in [6, 6.07) is 0. The lowest BCUT2D eigenvalue weighted by molar-refractivity contribution is -0.136. The molecule has 2 heteroatoms. The van der Waals surface area contributed by atoms with Gasteiger partial charge in [0.1, 0.15) is 0 Å². The molecule has 0 fully saturated rings. The number of carbonyl (C=O) groups is 1. The lowest BCUT2D eigenvalue weighted by Gasteiger charge is -2.38. The minimum atomic E-state index is -0.176. The molecule has 3 atom stereocenters. The zero-order valence-corrected chi connectivity index (χ0v) is 15.2. The van der Waals surface area contributed by atoms with Crippen LogP contribution in [0.3, 0.4) is 0 Å². The van der Waals surface area contributed by atoms with E-state index in [-0.39, 0.29) is 16.8 Å². The van der Waals surface area contributed by atoms with Gasteiger partial charge in [0.25, 0.3) is 0 Å². The quantitative estimate of drug-likeness (QED) is 0.654. The molecule has 0 amide bonds. The van der Waals surface area contributed by atoms with Crippen LogP contribution in [0, 0.1) is 22.7 Å². The molecule has 2 nitrogen and oxygen atoms in total. The molecule has 3 aliphatic carbocycles. The summed E-state index contributed by atoms with van der Waals surface area (Å²) in [6.45, 7) is 9.47. The lowest BCUT2D eigenvalue weighted by Crippen LogP contribution is -2.30. The van der Waals surface area contributed by atoms with Crippen LogP contribution < -0.4 is 0 Å². The number of allylic oxidation sites excluding steroid dienone is 4. The van der Waals surface area contributed by atoms with Crippen molar-refractivity contribution in [3.8, 4) is 0 Å². The highest BCUT2D eigenvalue weighted by Gasteiger charge is 2.47. The van der Waals surface area contributed by atoms with Crippen LogP contribution in [0.15, 0.2) is 34.9 Å². The fourth-order valence-electron chi connectivity index (χ4n) is 5.13. The van der Waals surface area contributed by atoms with Gasteiger partial charge in [-0.25, -0.2) is 4.79 Å². The number of hydrogen-bond acceptors (Lipinski definition) is 2. The van der Waals surface area contributed by atoms with Crippen LogP contribution in [0.1, 0.15) is 59.8 Å². The Morgan fingerprint density at radius 3 is 2.61 bits per heavy atom. The zero-order valence-electron chi connectivity index (χ0n) is 15.2. The number of rotatable bonds is 2. The third kappa shape index (κ3) is 2.51. The van der Waals surface area contributed by atoms with Crippen molar-refractivity contribution in [2.45, 2.75) is 59.8 Å². The van der Waals surface area contributed by atoms with Crippen molar-refractivity contribution >= 4 is 5.97 Å². The molecule has 0 N–H and O–H groups in total. The van der Waals surface area contributed by atoms with Gasteiger partial charge in [-0.3, -0.25) is 0 Å². The first kappa shape index (κ1) is 16.5. The summed E-state index contributed by atoms with van der Waals surface area (Å²) in [5.74, 6) is 1.23. The van der Waals surface area contributed by atoms with Crippen LogP contribution in [-0.4, -0.2) is 13.1 Å². The van der Waals surface area contributed by atoms with Crippen molar-refractivity contribution in [3.63, 3.8) is 0 Å². The van der Waals surface area contributed by atoms with Crippen LogP contribution in [0.2, 0.25) is 0 Å². The van der Waals surface area contributed by atoms with E-state index < -0.39 is 0 Å². The Hall–Kier alpha value is -1.31. The van der Waals surface area contributed by atoms with E-state index in [1.807, 2.05) is 0 Å². The molecule has 0 radical (unpaired) electrons. The molecule has 0 spiro atoms. The van der Waals surface area contributed by atoms with E-state index >= 15 is 0 Å². The first-order valence-electron chi connectivity index (χ1n) is 9.03. The molecule has 0 aromatic carbocycles. The van der Waals surface area contributed by atoms with Gasteiger partial charge in [0.15, 0.2) is 0 Å². The number of ether oxygens (including phenoxy) is 1. The Bertz CT molecular complexity index is 607. The highest BCUT2D eigenvalue weighted by molar-refractivity contribution is 5.94. The maximum absolute atomic E-state index is 12.3. The topological polar surface area (TPSA) is 26.3 Å². The van der Waals surface area contributed by atoms with Gasteiger partial charge in [-0.2, -0.15) is 0 Å². The molecule has 0 saturated carbocycles. The van der Waals surface area contributed by atoms with Gasteiger partial charge in [-0.1, -0.05) is 45.9 Å². The predicted molar refractivity (Wildman–Crippen MR) is 93.9 cm³/mol. The molecule has 0 aliphatic heterocycles. The Balaban J connectivity index is 2.07. The predicted octanol–water partition coefficient (Wildman–Crippen LogP) is 5.21. The maximum atomic E-state index is 12.3. The average molecular weight is 314 g/mol. The second-order valence-corrected chi connectivity index (χ2v) is 8.43. The van der Waals surface area contributed by atoms with Crippen molar-refractivity contribution < 1.29 is 9.53 Å². The highest BCUT2D eigenvalue weighted by Crippen LogP contribution is 2.58. The molecular formula is C21H30O2. The van der Waals surface area contributed by atoms with Crippen LogP contribution in [0.5, 0.6) is 0 Å². The molecule has 23 heavy (non-hydrogen) atoms. The van der Waals surface area contributed by atoms with Gasteiger partial charge in [-0.15, -0.1) is 0 Å². The first-order chi connectivity index (χ1) is 10.8. The fraction of sp³-hybridized carbons (Fsp3) is 0.667. The molecular weight excluding hydrogens is 284 g/mol. The van der Waals surface area contributed by atoms with Gasteiger partial charge in [-0.05, 0) is 65.9 Å². The highest BCUT2D eigenvalue weighted by atomic mass is 16.5. The van der Waals surface area contributed by atoms with E-state index in [4.69, 9.17) is 4.74 Å². The summed E-state index contributed by atoms with van der Waals surface area (Å²) in [4.78, 5) is 12.3. The van der Waals surface area contributed by atoms with E-state index in [9.17, 15) is 4.79 Å². The Morgan fingerprint density at radius 1 is 1.22 bits per heavy atom. The van der Waals surface area contributed by atoms with E-state index in [0.29, 0.717) is 11.8 Å². The van der Waals surface area contributed by atoms with Gasteiger partial charge in [0, 0.05) is 0 Å². The smallest absolute Gasteiger partial charge is 0.337 e. The number of carbonyl (C=O) groups excluding carboxylic acids is 1. The first-order valence-corrected chi connectivity index (χ1v) is 9.03. The molecule has 3 rings (SSSR count). The molecule has 1 unspecified atom stereocenters. The Kier molecular flexibility index (Phi) is 4.06. The van der Waals surface area contributed by atoms with Gasteiger partial charge < -0.3 is 4.74 Å². The van der Waals surface area contributed by atoms with Crippen LogP contribution in [-0.2, 0) is 9.53 Å².